The molecule has 0 aliphatic rings. The molecule has 6 nitrogen and oxygen atoms in total. The van der Waals surface area contributed by atoms with E-state index >= 15 is 0 Å². The van der Waals surface area contributed by atoms with Gasteiger partial charge in [0.2, 0.25) is 11.1 Å². The molecule has 0 atom stereocenters. The molecule has 0 saturated carbocycles. The fourth-order valence-corrected chi connectivity index (χ4v) is 3.39. The summed E-state index contributed by atoms with van der Waals surface area (Å²) in [4.78, 5) is 2.86. The third-order valence-corrected chi connectivity index (χ3v) is 4.60. The van der Waals surface area contributed by atoms with Crippen molar-refractivity contribution in [2.75, 3.05) is 0 Å². The summed E-state index contributed by atoms with van der Waals surface area (Å²) >= 11 is 0. The summed E-state index contributed by atoms with van der Waals surface area (Å²) in [6, 6.07) is 15.3. The molecule has 23 heavy (non-hydrogen) atoms. The minimum absolute atomic E-state index is 0.0453. The highest BCUT2D eigenvalue weighted by atomic mass is 32.2. The van der Waals surface area contributed by atoms with Gasteiger partial charge in [-0.25, -0.2) is 0 Å². The zero-order chi connectivity index (χ0) is 16.4. The third kappa shape index (κ3) is 2.67. The number of nitrogens with zero attached hydrogens (tertiary/aromatic N) is 2. The minimum atomic E-state index is -4.08. The standard InChI is InChI=1S/C16H10N2O4S/c17-18-14-10-9-12-13(16(14)19)7-4-8-15(12)23(20,21)22-11-5-2-1-3-6-11/h1-10H/p+1. The van der Waals surface area contributed by atoms with Crippen molar-refractivity contribution in [3.05, 3.63) is 65.6 Å². The fraction of sp³-hybridized carbons (Fsp3) is 0. The van der Waals surface area contributed by atoms with Crippen molar-refractivity contribution >= 4 is 26.6 Å². The van der Waals surface area contributed by atoms with E-state index in [1.165, 1.54) is 42.5 Å². The maximum atomic E-state index is 12.5. The molecule has 1 N–H and O–H groups in total. The number of phenolic OH excluding ortho intramolecular Hbond substituents is 1. The second kappa shape index (κ2) is 5.59. The number of aromatic hydroxyl groups is 1. The molecule has 0 aromatic heterocycles. The Labute approximate surface area is 132 Å². The van der Waals surface area contributed by atoms with Crippen LogP contribution in [0.5, 0.6) is 11.5 Å². The fourth-order valence-electron chi connectivity index (χ4n) is 2.25. The van der Waals surface area contributed by atoms with Gasteiger partial charge in [-0.3, -0.25) is 0 Å². The van der Waals surface area contributed by atoms with Crippen molar-refractivity contribution in [2.45, 2.75) is 4.90 Å². The highest BCUT2D eigenvalue weighted by Gasteiger charge is 2.23. The number of para-hydroxylation sites is 1. The minimum Gasteiger partial charge on any atom is -0.501 e. The van der Waals surface area contributed by atoms with Crippen LogP contribution in [0.3, 0.4) is 0 Å². The molecule has 0 amide bonds. The molecule has 0 radical (unpaired) electrons. The van der Waals surface area contributed by atoms with Crippen LogP contribution in [0, 0.1) is 5.39 Å². The summed E-state index contributed by atoms with van der Waals surface area (Å²) in [7, 11) is -4.08. The highest BCUT2D eigenvalue weighted by molar-refractivity contribution is 7.87. The molecule has 114 valence electrons. The Morgan fingerprint density at radius 3 is 2.35 bits per heavy atom. The molecule has 0 spiro atoms. The predicted octanol–water partition coefficient (Wildman–Crippen LogP) is 3.80. The Bertz CT molecular complexity index is 1030. The average molecular weight is 327 g/mol. The summed E-state index contributed by atoms with van der Waals surface area (Å²) in [5.74, 6) is -0.113. The maximum Gasteiger partial charge on any atom is 0.426 e. The molecule has 0 aliphatic carbocycles. The molecule has 0 heterocycles. The van der Waals surface area contributed by atoms with E-state index in [1.54, 1.807) is 18.2 Å². The van der Waals surface area contributed by atoms with E-state index in [9.17, 15) is 13.5 Å². The molecule has 3 aromatic carbocycles. The largest absolute Gasteiger partial charge is 0.501 e. The zero-order valence-electron chi connectivity index (χ0n) is 11.7. The second-order valence-corrected chi connectivity index (χ2v) is 6.25. The number of hydrogen-bond acceptors (Lipinski definition) is 5. The Kier molecular flexibility index (Phi) is 3.60. The molecule has 0 unspecified atom stereocenters. The van der Waals surface area contributed by atoms with Gasteiger partial charge in [-0.2, -0.15) is 8.42 Å². The molecule has 3 rings (SSSR count). The second-order valence-electron chi connectivity index (χ2n) is 4.74. The van der Waals surface area contributed by atoms with Gasteiger partial charge in [-0.05, 0) is 24.3 Å². The van der Waals surface area contributed by atoms with E-state index in [4.69, 9.17) is 9.58 Å². The number of hydrogen-bond donors (Lipinski definition) is 1. The van der Waals surface area contributed by atoms with Crippen LogP contribution in [0.15, 0.2) is 65.6 Å². The lowest BCUT2D eigenvalue weighted by molar-refractivity contribution is 0.484. The van der Waals surface area contributed by atoms with Crippen molar-refractivity contribution in [2.24, 2.45) is 0 Å². The molecule has 0 aliphatic heterocycles. The lowest BCUT2D eigenvalue weighted by atomic mass is 10.1. The van der Waals surface area contributed by atoms with Crippen molar-refractivity contribution in [1.29, 1.82) is 5.39 Å². The first-order valence-corrected chi connectivity index (χ1v) is 8.03. The molecule has 3 aromatic rings. The van der Waals surface area contributed by atoms with Crippen molar-refractivity contribution < 1.29 is 17.7 Å². The Morgan fingerprint density at radius 2 is 1.65 bits per heavy atom. The Morgan fingerprint density at radius 1 is 0.913 bits per heavy atom. The van der Waals surface area contributed by atoms with Gasteiger partial charge in [-0.15, -0.1) is 0 Å². The summed E-state index contributed by atoms with van der Waals surface area (Å²) in [6.45, 7) is 0. The van der Waals surface area contributed by atoms with Gasteiger partial charge in [-0.1, -0.05) is 30.3 Å². The molecule has 7 heteroatoms. The van der Waals surface area contributed by atoms with Gasteiger partial charge < -0.3 is 9.29 Å². The topological polar surface area (TPSA) is 91.8 Å². The van der Waals surface area contributed by atoms with Crippen molar-refractivity contribution in [3.8, 4) is 11.5 Å². The van der Waals surface area contributed by atoms with Gasteiger partial charge in [0.1, 0.15) is 10.6 Å². The van der Waals surface area contributed by atoms with Gasteiger partial charge in [0, 0.05) is 16.8 Å². The third-order valence-electron chi connectivity index (χ3n) is 3.30. The number of rotatable bonds is 3. The van der Waals surface area contributed by atoms with E-state index in [0.29, 0.717) is 0 Å². The average Bonchev–Trinajstić information content (AvgIpc) is 2.55. The Hall–Kier alpha value is -3.11. The molecule has 0 fully saturated rings. The number of benzene rings is 3. The number of diazo groups is 1. The summed E-state index contributed by atoms with van der Waals surface area (Å²) < 4.78 is 30.1. The van der Waals surface area contributed by atoms with Crippen molar-refractivity contribution in [1.82, 2.24) is 0 Å². The van der Waals surface area contributed by atoms with Gasteiger partial charge >= 0.3 is 15.8 Å². The van der Waals surface area contributed by atoms with E-state index in [1.807, 2.05) is 0 Å². The highest BCUT2D eigenvalue weighted by Crippen LogP contribution is 2.37. The molecular weight excluding hydrogens is 316 g/mol. The van der Waals surface area contributed by atoms with Crippen LogP contribution in [0.25, 0.3) is 15.7 Å². The van der Waals surface area contributed by atoms with Gasteiger partial charge in [0.15, 0.2) is 4.98 Å². The number of phenols is 1. The van der Waals surface area contributed by atoms with E-state index < -0.39 is 10.1 Å². The number of fused-ring (bicyclic) bond motifs is 1. The smallest absolute Gasteiger partial charge is 0.426 e. The van der Waals surface area contributed by atoms with Gasteiger partial charge in [0.25, 0.3) is 0 Å². The first-order chi connectivity index (χ1) is 11.0. The van der Waals surface area contributed by atoms with E-state index in [0.717, 1.165) is 0 Å². The molecule has 0 bridgehead atoms. The van der Waals surface area contributed by atoms with Crippen LogP contribution in [0.1, 0.15) is 0 Å². The summed E-state index contributed by atoms with van der Waals surface area (Å²) in [5, 5.41) is 19.4. The first-order valence-electron chi connectivity index (χ1n) is 6.62. The lowest BCUT2D eigenvalue weighted by Gasteiger charge is -2.09. The monoisotopic (exact) mass is 327 g/mol. The summed E-state index contributed by atoms with van der Waals surface area (Å²) in [6.07, 6.45) is 0. The van der Waals surface area contributed by atoms with Crippen molar-refractivity contribution in [3.63, 3.8) is 0 Å². The van der Waals surface area contributed by atoms with E-state index in [2.05, 4.69) is 4.98 Å². The van der Waals surface area contributed by atoms with Crippen LogP contribution < -0.4 is 4.18 Å². The van der Waals surface area contributed by atoms with Crippen LogP contribution in [-0.2, 0) is 10.1 Å². The van der Waals surface area contributed by atoms with E-state index in [-0.39, 0.29) is 32.9 Å². The normalized spacial score (nSPS) is 11.1. The molecule has 0 saturated heterocycles. The van der Waals surface area contributed by atoms with Gasteiger partial charge in [0.05, 0.1) is 0 Å². The molecular formula is C16H11N2O4S+. The SMILES string of the molecule is N#[N+]c1ccc2c(S(=O)(=O)Oc3ccccc3)cccc2c1O. The van der Waals surface area contributed by atoms with Crippen LogP contribution in [-0.4, -0.2) is 13.5 Å². The van der Waals surface area contributed by atoms with Crippen LogP contribution in [0.2, 0.25) is 0 Å². The summed E-state index contributed by atoms with van der Waals surface area (Å²) in [5.41, 5.74) is -0.0453. The zero-order valence-corrected chi connectivity index (χ0v) is 12.6. The maximum absolute atomic E-state index is 12.5. The van der Waals surface area contributed by atoms with Crippen LogP contribution in [0.4, 0.5) is 5.69 Å². The lowest BCUT2D eigenvalue weighted by Crippen LogP contribution is -2.10. The predicted molar refractivity (Wildman–Crippen MR) is 84.6 cm³/mol. The van der Waals surface area contributed by atoms with Crippen LogP contribution >= 0.6 is 0 Å². The first kappa shape index (κ1) is 14.8. The quantitative estimate of drug-likeness (QED) is 0.583. The Balaban J connectivity index is 2.17.